The van der Waals surface area contributed by atoms with Crippen LogP contribution in [-0.4, -0.2) is 86.3 Å². The molecular weight excluding hydrogens is 579 g/mol. The van der Waals surface area contributed by atoms with Crippen LogP contribution in [0, 0.1) is 11.6 Å². The van der Waals surface area contributed by atoms with E-state index in [-0.39, 0.29) is 39.2 Å². The first-order valence-corrected chi connectivity index (χ1v) is 13.8. The maximum absolute atomic E-state index is 15.5. The molecule has 0 aliphatic carbocycles. The van der Waals surface area contributed by atoms with Gasteiger partial charge in [0.2, 0.25) is 0 Å². The van der Waals surface area contributed by atoms with E-state index in [2.05, 4.69) is 30.8 Å². The Morgan fingerprint density at radius 3 is 2.49 bits per heavy atom. The molecule has 5 rings (SSSR count). The van der Waals surface area contributed by atoms with Crippen molar-refractivity contribution in [3.8, 4) is 11.8 Å². The lowest BCUT2D eigenvalue weighted by molar-refractivity contribution is 0.108. The van der Waals surface area contributed by atoms with Gasteiger partial charge in [0.25, 0.3) is 0 Å². The molecule has 0 radical (unpaired) electrons. The maximum Gasteiger partial charge on any atom is 0.319 e. The number of rotatable bonds is 7. The summed E-state index contributed by atoms with van der Waals surface area (Å²) in [5.74, 6) is -1.50. The zero-order valence-electron chi connectivity index (χ0n) is 22.3. The second-order valence-corrected chi connectivity index (χ2v) is 10.6. The molecule has 3 aliphatic rings. The summed E-state index contributed by atoms with van der Waals surface area (Å²) in [7, 11) is 1.84. The van der Waals surface area contributed by atoms with Crippen molar-refractivity contribution in [3.05, 3.63) is 27.9 Å². The molecule has 1 aromatic carbocycles. The highest BCUT2D eigenvalue weighted by molar-refractivity contribution is 9.10. The van der Waals surface area contributed by atoms with Gasteiger partial charge in [0.1, 0.15) is 17.9 Å². The van der Waals surface area contributed by atoms with Crippen molar-refractivity contribution in [2.45, 2.75) is 37.6 Å². The van der Waals surface area contributed by atoms with Crippen LogP contribution in [0.15, 0.2) is 21.2 Å². The van der Waals surface area contributed by atoms with Crippen LogP contribution in [0.25, 0.3) is 10.9 Å². The molecule has 4 N–H and O–H groups in total. The van der Waals surface area contributed by atoms with E-state index in [1.54, 1.807) is 6.08 Å². The van der Waals surface area contributed by atoms with E-state index in [1.165, 1.54) is 7.11 Å². The van der Waals surface area contributed by atoms with Crippen LogP contribution >= 0.6 is 15.9 Å². The molecule has 2 aromatic rings. The monoisotopic (exact) mass is 613 g/mol. The Kier molecular flexibility index (Phi) is 9.55. The summed E-state index contributed by atoms with van der Waals surface area (Å²) in [4.78, 5) is 18.1. The van der Waals surface area contributed by atoms with E-state index >= 15 is 8.78 Å². The quantitative estimate of drug-likeness (QED) is 0.454. The Hall–Kier alpha value is -2.64. The van der Waals surface area contributed by atoms with Crippen molar-refractivity contribution in [1.82, 2.24) is 14.9 Å². The van der Waals surface area contributed by atoms with Crippen molar-refractivity contribution in [1.29, 1.82) is 0 Å². The Balaban J connectivity index is 0.00000172. The predicted molar refractivity (Wildman–Crippen MR) is 149 cm³/mol. The van der Waals surface area contributed by atoms with Gasteiger partial charge in [-0.15, -0.1) is 0 Å². The number of nitrogens with zero attached hydrogens (tertiary/aromatic N) is 5. The van der Waals surface area contributed by atoms with Gasteiger partial charge in [0.15, 0.2) is 17.4 Å². The van der Waals surface area contributed by atoms with Gasteiger partial charge in [-0.05, 0) is 67.2 Å². The van der Waals surface area contributed by atoms with Gasteiger partial charge in [-0.2, -0.15) is 9.97 Å². The van der Waals surface area contributed by atoms with Crippen molar-refractivity contribution in [2.75, 3.05) is 65.1 Å². The first kappa shape index (κ1) is 29.3. The summed E-state index contributed by atoms with van der Waals surface area (Å²) in [5, 5.41) is 0.145. The fourth-order valence-corrected chi connectivity index (χ4v) is 6.07. The van der Waals surface area contributed by atoms with Gasteiger partial charge in [0.05, 0.1) is 41.9 Å². The van der Waals surface area contributed by atoms with Gasteiger partial charge < -0.3 is 25.8 Å². The number of aliphatic imine (C=N–C) groups is 1. The molecule has 3 aliphatic heterocycles. The second kappa shape index (κ2) is 12.7. The van der Waals surface area contributed by atoms with Gasteiger partial charge in [-0.1, -0.05) is 0 Å². The molecule has 4 heterocycles. The van der Waals surface area contributed by atoms with Gasteiger partial charge in [0, 0.05) is 25.3 Å². The number of hydrogen-bond donors (Lipinski definition) is 2. The lowest BCUT2D eigenvalue weighted by Gasteiger charge is -2.31. The number of fused-ring (bicyclic) bond motifs is 2. The Morgan fingerprint density at radius 2 is 1.82 bits per heavy atom. The summed E-state index contributed by atoms with van der Waals surface area (Å²) < 4.78 is 51.3. The van der Waals surface area contributed by atoms with E-state index in [9.17, 15) is 4.39 Å². The summed E-state index contributed by atoms with van der Waals surface area (Å²) in [5.41, 5.74) is 12.7. The lowest BCUT2D eigenvalue weighted by atomic mass is 9.95. The number of nitrogens with two attached hydrogens (primary N) is 2. The van der Waals surface area contributed by atoms with E-state index in [0.717, 1.165) is 38.8 Å². The highest BCUT2D eigenvalue weighted by Crippen LogP contribution is 2.42. The molecule has 0 amide bonds. The number of ether oxygens (including phenoxy) is 2. The predicted octanol–water partition coefficient (Wildman–Crippen LogP) is 3.72. The number of alkyl halides is 1. The minimum Gasteiger partial charge on any atom is -0.493 e. The average molecular weight is 615 g/mol. The normalized spacial score (nSPS) is 19.3. The van der Waals surface area contributed by atoms with Crippen LogP contribution in [-0.2, 0) is 0 Å². The standard InChI is InChI=1S/C25H32BrF2N7O2.CH3F/c1-36-22-17-21(19(27)18(26)20(22)28)32-24(37-14-25-5-2-9-35(25)10-3-6-25)33-23(17)34-8-4-7-31-16(13-34)11-15(30)12-29;1-2/h11H,2-10,12-14,29-30H2,1H3;1H3/b15-11-;. The zero-order chi connectivity index (χ0) is 28.2. The molecule has 1 aromatic heterocycles. The molecule has 0 saturated carbocycles. The Labute approximate surface area is 234 Å². The highest BCUT2D eigenvalue weighted by Gasteiger charge is 2.45. The van der Waals surface area contributed by atoms with Crippen LogP contribution in [0.1, 0.15) is 32.1 Å². The van der Waals surface area contributed by atoms with Gasteiger partial charge in [-0.25, -0.2) is 8.78 Å². The molecule has 214 valence electrons. The minimum absolute atomic E-state index is 0.0366. The molecule has 2 saturated heterocycles. The fraction of sp³-hybridized carbons (Fsp3) is 0.577. The maximum atomic E-state index is 15.5. The molecule has 2 fully saturated rings. The van der Waals surface area contributed by atoms with Crippen molar-refractivity contribution < 1.29 is 22.6 Å². The van der Waals surface area contributed by atoms with Crippen LogP contribution in [0.2, 0.25) is 0 Å². The first-order valence-electron chi connectivity index (χ1n) is 13.0. The van der Waals surface area contributed by atoms with Crippen molar-refractivity contribution in [2.24, 2.45) is 16.5 Å². The molecular formula is C26H35BrF3N7O2. The van der Waals surface area contributed by atoms with Crippen LogP contribution in [0.3, 0.4) is 0 Å². The lowest BCUT2D eigenvalue weighted by Crippen LogP contribution is -2.43. The third-order valence-corrected chi connectivity index (χ3v) is 8.21. The molecule has 0 atom stereocenters. The van der Waals surface area contributed by atoms with Crippen molar-refractivity contribution in [3.63, 3.8) is 0 Å². The smallest absolute Gasteiger partial charge is 0.319 e. The summed E-state index contributed by atoms with van der Waals surface area (Å²) in [6.07, 6.45) is 6.80. The molecule has 0 bridgehead atoms. The van der Waals surface area contributed by atoms with Crippen LogP contribution < -0.4 is 25.8 Å². The zero-order valence-corrected chi connectivity index (χ0v) is 23.9. The average Bonchev–Trinajstić information content (AvgIpc) is 3.45. The number of halogens is 4. The summed E-state index contributed by atoms with van der Waals surface area (Å²) in [6.45, 7) is 4.19. The molecule has 39 heavy (non-hydrogen) atoms. The molecule has 13 heteroatoms. The van der Waals surface area contributed by atoms with Gasteiger partial charge in [-0.3, -0.25) is 14.3 Å². The van der Waals surface area contributed by atoms with Crippen molar-refractivity contribution >= 4 is 38.4 Å². The SMILES string of the molecule is CF.COc1c(F)c(Br)c(F)c2nc(OCC34CCCN3CCC4)nc(N3CCCN=C(/C=C(\N)CN)C3)c12. The molecule has 9 nitrogen and oxygen atoms in total. The number of anilines is 1. The van der Waals surface area contributed by atoms with E-state index in [0.29, 0.717) is 57.1 Å². The number of methoxy groups -OCH3 is 1. The molecule has 0 spiro atoms. The van der Waals surface area contributed by atoms with E-state index in [4.69, 9.17) is 25.9 Å². The fourth-order valence-electron chi connectivity index (χ4n) is 5.71. The molecule has 0 unspecified atom stereocenters. The number of benzene rings is 1. The topological polar surface area (TPSA) is 115 Å². The van der Waals surface area contributed by atoms with Gasteiger partial charge >= 0.3 is 6.01 Å². The minimum atomic E-state index is -0.853. The highest BCUT2D eigenvalue weighted by atomic mass is 79.9. The largest absolute Gasteiger partial charge is 0.493 e. The van der Waals surface area contributed by atoms with E-state index < -0.39 is 11.6 Å². The third-order valence-electron chi connectivity index (χ3n) is 7.52. The first-order chi connectivity index (χ1) is 18.9. The summed E-state index contributed by atoms with van der Waals surface area (Å²) in [6, 6.07) is 0.0508. The van der Waals surface area contributed by atoms with E-state index in [1.807, 2.05) is 4.90 Å². The summed E-state index contributed by atoms with van der Waals surface area (Å²) >= 11 is 3.02. The number of aromatic nitrogens is 2. The van der Waals surface area contributed by atoms with Crippen LogP contribution in [0.4, 0.5) is 19.0 Å². The number of hydrogen-bond acceptors (Lipinski definition) is 9. The Morgan fingerprint density at radius 1 is 1.10 bits per heavy atom. The van der Waals surface area contributed by atoms with Crippen LogP contribution in [0.5, 0.6) is 11.8 Å². The Bertz CT molecular complexity index is 1250. The third kappa shape index (κ3) is 5.80. The second-order valence-electron chi connectivity index (χ2n) is 9.81.